The molecular formula is C14H19BrN2O2. The van der Waals surface area contributed by atoms with Crippen molar-refractivity contribution in [2.45, 2.75) is 26.8 Å². The molecule has 1 atom stereocenters. The van der Waals surface area contributed by atoms with E-state index in [4.69, 9.17) is 5.73 Å². The van der Waals surface area contributed by atoms with Crippen LogP contribution in [0.25, 0.3) is 0 Å². The zero-order chi connectivity index (χ0) is 14.2. The first-order valence-electron chi connectivity index (χ1n) is 6.32. The van der Waals surface area contributed by atoms with Crippen LogP contribution < -0.4 is 5.73 Å². The largest absolute Gasteiger partial charge is 0.507 e. The Morgan fingerprint density at radius 3 is 2.84 bits per heavy atom. The first-order valence-corrected chi connectivity index (χ1v) is 7.11. The summed E-state index contributed by atoms with van der Waals surface area (Å²) < 4.78 is 0.953. The highest BCUT2D eigenvalue weighted by molar-refractivity contribution is 9.10. The van der Waals surface area contributed by atoms with Crippen LogP contribution in [0, 0.1) is 12.3 Å². The number of nitrogens with zero attached hydrogens (tertiary/aromatic N) is 1. The predicted molar refractivity (Wildman–Crippen MR) is 77.7 cm³/mol. The van der Waals surface area contributed by atoms with Gasteiger partial charge in [-0.25, -0.2) is 0 Å². The summed E-state index contributed by atoms with van der Waals surface area (Å²) >= 11 is 3.44. The molecule has 104 valence electrons. The topological polar surface area (TPSA) is 66.6 Å². The third kappa shape index (κ3) is 2.92. The number of carbonyl (C=O) groups is 1. The van der Waals surface area contributed by atoms with Crippen LogP contribution in [0.4, 0.5) is 0 Å². The molecule has 0 bridgehead atoms. The summed E-state index contributed by atoms with van der Waals surface area (Å²) in [4.78, 5) is 13.6. The van der Waals surface area contributed by atoms with Crippen molar-refractivity contribution in [3.63, 3.8) is 0 Å². The van der Waals surface area contributed by atoms with Gasteiger partial charge in [0.25, 0.3) is 0 Å². The first kappa shape index (κ1) is 14.3. The van der Waals surface area contributed by atoms with Gasteiger partial charge in [0.15, 0.2) is 0 Å². The number of rotatable bonds is 3. The molecule has 19 heavy (non-hydrogen) atoms. The molecule has 0 radical (unpaired) electrons. The molecule has 1 aliphatic rings. The first-order chi connectivity index (χ1) is 8.82. The SMILES string of the molecule is Cc1cc(Br)cc(CN2CCC(C)(C(N)=O)C2)c1O. The summed E-state index contributed by atoms with van der Waals surface area (Å²) in [5, 5.41) is 10.1. The van der Waals surface area contributed by atoms with E-state index >= 15 is 0 Å². The number of amides is 1. The molecule has 1 aromatic carbocycles. The highest BCUT2D eigenvalue weighted by Gasteiger charge is 2.38. The number of phenols is 1. The Morgan fingerprint density at radius 1 is 1.58 bits per heavy atom. The molecule has 1 aliphatic heterocycles. The zero-order valence-electron chi connectivity index (χ0n) is 11.2. The van der Waals surface area contributed by atoms with Crippen LogP contribution in [0.2, 0.25) is 0 Å². The normalized spacial score (nSPS) is 23.7. The Morgan fingerprint density at radius 2 is 2.26 bits per heavy atom. The van der Waals surface area contributed by atoms with E-state index in [1.807, 2.05) is 26.0 Å². The van der Waals surface area contributed by atoms with Crippen molar-refractivity contribution in [1.82, 2.24) is 4.90 Å². The third-order valence-electron chi connectivity index (χ3n) is 3.89. The van der Waals surface area contributed by atoms with Gasteiger partial charge in [-0.05, 0) is 44.5 Å². The molecule has 0 aromatic heterocycles. The average Bonchev–Trinajstić information content (AvgIpc) is 2.69. The minimum absolute atomic E-state index is 0.246. The molecule has 1 amide bonds. The molecule has 2 rings (SSSR count). The summed E-state index contributed by atoms with van der Waals surface area (Å²) in [5.41, 5.74) is 6.72. The zero-order valence-corrected chi connectivity index (χ0v) is 12.8. The maximum Gasteiger partial charge on any atom is 0.224 e. The van der Waals surface area contributed by atoms with Gasteiger partial charge < -0.3 is 10.8 Å². The van der Waals surface area contributed by atoms with Gasteiger partial charge in [0, 0.05) is 23.1 Å². The van der Waals surface area contributed by atoms with E-state index in [9.17, 15) is 9.90 Å². The highest BCUT2D eigenvalue weighted by Crippen LogP contribution is 2.33. The average molecular weight is 327 g/mol. The fourth-order valence-corrected chi connectivity index (χ4v) is 3.18. The lowest BCUT2D eigenvalue weighted by atomic mass is 9.89. The van der Waals surface area contributed by atoms with Crippen LogP contribution in [0.5, 0.6) is 5.75 Å². The van der Waals surface area contributed by atoms with Crippen LogP contribution >= 0.6 is 15.9 Å². The van der Waals surface area contributed by atoms with Crippen LogP contribution in [-0.4, -0.2) is 29.0 Å². The number of nitrogens with two attached hydrogens (primary N) is 1. The van der Waals surface area contributed by atoms with Crippen molar-refractivity contribution in [2.24, 2.45) is 11.1 Å². The van der Waals surface area contributed by atoms with E-state index in [0.717, 1.165) is 28.6 Å². The summed E-state index contributed by atoms with van der Waals surface area (Å²) in [6.45, 7) is 5.88. The second kappa shape index (κ2) is 5.13. The predicted octanol–water partition coefficient (Wildman–Crippen LogP) is 2.16. The van der Waals surface area contributed by atoms with Gasteiger partial charge in [0.2, 0.25) is 5.91 Å². The van der Waals surface area contributed by atoms with Gasteiger partial charge in [0.05, 0.1) is 5.41 Å². The van der Waals surface area contributed by atoms with E-state index in [1.54, 1.807) is 0 Å². The lowest BCUT2D eigenvalue weighted by Gasteiger charge is -2.21. The molecule has 0 aliphatic carbocycles. The van der Waals surface area contributed by atoms with Gasteiger partial charge >= 0.3 is 0 Å². The maximum atomic E-state index is 11.4. The Bertz CT molecular complexity index is 518. The summed E-state index contributed by atoms with van der Waals surface area (Å²) in [6, 6.07) is 3.80. The van der Waals surface area contributed by atoms with Gasteiger partial charge in [-0.15, -0.1) is 0 Å². The molecule has 0 saturated carbocycles. The molecular weight excluding hydrogens is 308 g/mol. The Balaban J connectivity index is 2.14. The number of hydrogen-bond acceptors (Lipinski definition) is 3. The fraction of sp³-hybridized carbons (Fsp3) is 0.500. The van der Waals surface area contributed by atoms with E-state index in [0.29, 0.717) is 18.8 Å². The number of likely N-dealkylation sites (tertiary alicyclic amines) is 1. The minimum atomic E-state index is -0.448. The van der Waals surface area contributed by atoms with E-state index < -0.39 is 5.41 Å². The van der Waals surface area contributed by atoms with Crippen LogP contribution in [0.1, 0.15) is 24.5 Å². The van der Waals surface area contributed by atoms with Crippen molar-refractivity contribution in [3.05, 3.63) is 27.7 Å². The monoisotopic (exact) mass is 326 g/mol. The number of hydrogen-bond donors (Lipinski definition) is 2. The van der Waals surface area contributed by atoms with Crippen LogP contribution in [0.3, 0.4) is 0 Å². The smallest absolute Gasteiger partial charge is 0.224 e. The number of phenolic OH excluding ortho intramolecular Hbond substituents is 1. The number of halogens is 1. The Labute approximate surface area is 121 Å². The molecule has 5 heteroatoms. The molecule has 1 fully saturated rings. The third-order valence-corrected chi connectivity index (χ3v) is 4.34. The van der Waals surface area contributed by atoms with Gasteiger partial charge in [-0.3, -0.25) is 9.69 Å². The Hall–Kier alpha value is -1.07. The van der Waals surface area contributed by atoms with Gasteiger partial charge in [0.1, 0.15) is 5.75 Å². The lowest BCUT2D eigenvalue weighted by Crippen LogP contribution is -2.36. The standard InChI is InChI=1S/C14H19BrN2O2/c1-9-5-11(15)6-10(12(9)18)7-17-4-3-14(2,8-17)13(16)19/h5-6,18H,3-4,7-8H2,1-2H3,(H2,16,19). The van der Waals surface area contributed by atoms with E-state index in [2.05, 4.69) is 20.8 Å². The molecule has 4 nitrogen and oxygen atoms in total. The molecule has 1 heterocycles. The van der Waals surface area contributed by atoms with Crippen molar-refractivity contribution in [2.75, 3.05) is 13.1 Å². The highest BCUT2D eigenvalue weighted by atomic mass is 79.9. The number of aromatic hydroxyl groups is 1. The van der Waals surface area contributed by atoms with Crippen LogP contribution in [-0.2, 0) is 11.3 Å². The second-order valence-electron chi connectivity index (χ2n) is 5.62. The van der Waals surface area contributed by atoms with E-state index in [-0.39, 0.29) is 5.91 Å². The van der Waals surface area contributed by atoms with E-state index in [1.165, 1.54) is 0 Å². The fourth-order valence-electron chi connectivity index (χ4n) is 2.56. The maximum absolute atomic E-state index is 11.4. The minimum Gasteiger partial charge on any atom is -0.507 e. The summed E-state index contributed by atoms with van der Waals surface area (Å²) in [5.74, 6) is 0.0838. The number of benzene rings is 1. The second-order valence-corrected chi connectivity index (χ2v) is 6.53. The van der Waals surface area contributed by atoms with Crippen LogP contribution in [0.15, 0.2) is 16.6 Å². The molecule has 1 unspecified atom stereocenters. The molecule has 3 N–H and O–H groups in total. The van der Waals surface area contributed by atoms with Crippen molar-refractivity contribution < 1.29 is 9.90 Å². The molecule has 1 aromatic rings. The van der Waals surface area contributed by atoms with Gasteiger partial charge in [-0.2, -0.15) is 0 Å². The summed E-state index contributed by atoms with van der Waals surface area (Å²) in [7, 11) is 0. The van der Waals surface area contributed by atoms with Crippen molar-refractivity contribution in [1.29, 1.82) is 0 Å². The quantitative estimate of drug-likeness (QED) is 0.894. The summed E-state index contributed by atoms with van der Waals surface area (Å²) in [6.07, 6.45) is 0.774. The Kier molecular flexibility index (Phi) is 3.87. The van der Waals surface area contributed by atoms with Gasteiger partial charge in [-0.1, -0.05) is 15.9 Å². The number of carbonyl (C=O) groups excluding carboxylic acids is 1. The van der Waals surface area contributed by atoms with Crippen molar-refractivity contribution in [3.8, 4) is 5.75 Å². The van der Waals surface area contributed by atoms with Crippen molar-refractivity contribution >= 4 is 21.8 Å². The number of aryl methyl sites for hydroxylation is 1. The lowest BCUT2D eigenvalue weighted by molar-refractivity contribution is -0.126. The molecule has 1 saturated heterocycles. The molecule has 0 spiro atoms. The number of primary amides is 1.